The Bertz CT molecular complexity index is 913. The molecular weight excluding hydrogens is 324 g/mol. The number of rotatable bonds is 6. The Labute approximate surface area is 144 Å². The Morgan fingerprint density at radius 2 is 1.96 bits per heavy atom. The van der Waals surface area contributed by atoms with Gasteiger partial charge in [0.2, 0.25) is 0 Å². The molecule has 3 rings (SSSR count). The molecule has 0 aliphatic heterocycles. The monoisotopic (exact) mass is 344 g/mol. The van der Waals surface area contributed by atoms with Crippen molar-refractivity contribution in [2.45, 2.75) is 6.54 Å². The standard InChI is InChI=1S/C17H20N4O4/c1-21-10(5-6-19-21)9-18-17(22)12-7-11-13(23-2)8-14(24-3)16(25-4)15(11)20-12/h5-8,20H,9H2,1-4H3,(H,18,22). The summed E-state index contributed by atoms with van der Waals surface area (Å²) in [5.41, 5.74) is 1.95. The quantitative estimate of drug-likeness (QED) is 0.712. The maximum Gasteiger partial charge on any atom is 0.268 e. The van der Waals surface area contributed by atoms with Gasteiger partial charge in [-0.25, -0.2) is 0 Å². The topological polar surface area (TPSA) is 90.4 Å². The summed E-state index contributed by atoms with van der Waals surface area (Å²) in [6.07, 6.45) is 1.69. The minimum Gasteiger partial charge on any atom is -0.496 e. The molecule has 0 fully saturated rings. The molecule has 8 nitrogen and oxygen atoms in total. The van der Waals surface area contributed by atoms with Crippen molar-refractivity contribution in [2.24, 2.45) is 7.05 Å². The maximum atomic E-state index is 12.5. The van der Waals surface area contributed by atoms with Gasteiger partial charge in [0.25, 0.3) is 5.91 Å². The van der Waals surface area contributed by atoms with Crippen LogP contribution in [0.15, 0.2) is 24.4 Å². The first-order valence-corrected chi connectivity index (χ1v) is 7.65. The zero-order chi connectivity index (χ0) is 18.0. The Morgan fingerprint density at radius 3 is 2.56 bits per heavy atom. The fourth-order valence-electron chi connectivity index (χ4n) is 2.70. The number of H-pyrrole nitrogens is 1. The molecule has 132 valence electrons. The Kier molecular flexibility index (Phi) is 4.51. The first-order valence-electron chi connectivity index (χ1n) is 7.65. The van der Waals surface area contributed by atoms with E-state index in [4.69, 9.17) is 14.2 Å². The summed E-state index contributed by atoms with van der Waals surface area (Å²) >= 11 is 0. The number of ether oxygens (including phenoxy) is 3. The van der Waals surface area contributed by atoms with E-state index in [-0.39, 0.29) is 5.91 Å². The first kappa shape index (κ1) is 16.7. The van der Waals surface area contributed by atoms with E-state index in [1.54, 1.807) is 44.3 Å². The van der Waals surface area contributed by atoms with Crippen molar-refractivity contribution < 1.29 is 19.0 Å². The van der Waals surface area contributed by atoms with Crippen molar-refractivity contribution >= 4 is 16.8 Å². The summed E-state index contributed by atoms with van der Waals surface area (Å²) in [4.78, 5) is 15.6. The van der Waals surface area contributed by atoms with Gasteiger partial charge in [-0.05, 0) is 12.1 Å². The number of aromatic nitrogens is 3. The zero-order valence-electron chi connectivity index (χ0n) is 14.5. The molecule has 1 aromatic carbocycles. The predicted molar refractivity (Wildman–Crippen MR) is 92.3 cm³/mol. The average Bonchev–Trinajstić information content (AvgIpc) is 3.24. The number of benzene rings is 1. The summed E-state index contributed by atoms with van der Waals surface area (Å²) < 4.78 is 17.9. The van der Waals surface area contributed by atoms with Crippen molar-refractivity contribution in [3.05, 3.63) is 35.8 Å². The molecule has 25 heavy (non-hydrogen) atoms. The molecule has 1 amide bonds. The number of aromatic amines is 1. The van der Waals surface area contributed by atoms with Crippen LogP contribution in [0.1, 0.15) is 16.2 Å². The van der Waals surface area contributed by atoms with Crippen molar-refractivity contribution in [3.63, 3.8) is 0 Å². The van der Waals surface area contributed by atoms with Gasteiger partial charge < -0.3 is 24.5 Å². The SMILES string of the molecule is COc1cc(OC)c2cc(C(=O)NCc3ccnn3C)[nH]c2c1OC. The van der Waals surface area contributed by atoms with Crippen molar-refractivity contribution in [2.75, 3.05) is 21.3 Å². The van der Waals surface area contributed by atoms with Crippen LogP contribution in [0, 0.1) is 0 Å². The van der Waals surface area contributed by atoms with Crippen LogP contribution in [0.3, 0.4) is 0 Å². The molecule has 0 aliphatic carbocycles. The van der Waals surface area contributed by atoms with Crippen LogP contribution in [0.25, 0.3) is 10.9 Å². The van der Waals surface area contributed by atoms with E-state index < -0.39 is 0 Å². The number of hydrogen-bond acceptors (Lipinski definition) is 5. The minimum atomic E-state index is -0.236. The number of nitrogens with one attached hydrogen (secondary N) is 2. The van der Waals surface area contributed by atoms with E-state index in [0.29, 0.717) is 35.0 Å². The molecule has 0 atom stereocenters. The Balaban J connectivity index is 1.94. The molecule has 8 heteroatoms. The Morgan fingerprint density at radius 1 is 1.20 bits per heavy atom. The largest absolute Gasteiger partial charge is 0.496 e. The third-order valence-corrected chi connectivity index (χ3v) is 4.04. The van der Waals surface area contributed by atoms with Gasteiger partial charge >= 0.3 is 0 Å². The molecule has 2 aromatic heterocycles. The van der Waals surface area contributed by atoms with Crippen LogP contribution in [0.4, 0.5) is 0 Å². The van der Waals surface area contributed by atoms with Crippen LogP contribution >= 0.6 is 0 Å². The number of carbonyl (C=O) groups is 1. The second kappa shape index (κ2) is 6.76. The number of nitrogens with zero attached hydrogens (tertiary/aromatic N) is 2. The number of carbonyl (C=O) groups excluding carboxylic acids is 1. The highest BCUT2D eigenvalue weighted by molar-refractivity contribution is 6.02. The highest BCUT2D eigenvalue weighted by Crippen LogP contribution is 2.41. The smallest absolute Gasteiger partial charge is 0.268 e. The van der Waals surface area contributed by atoms with Gasteiger partial charge in [0.05, 0.1) is 39.1 Å². The lowest BCUT2D eigenvalue weighted by Gasteiger charge is -2.11. The summed E-state index contributed by atoms with van der Waals surface area (Å²) in [7, 11) is 6.49. The second-order valence-electron chi connectivity index (χ2n) is 5.41. The van der Waals surface area contributed by atoms with Gasteiger partial charge in [0.1, 0.15) is 11.4 Å². The Hall–Kier alpha value is -3.16. The molecule has 0 bridgehead atoms. The van der Waals surface area contributed by atoms with E-state index in [0.717, 1.165) is 11.1 Å². The molecule has 0 saturated carbocycles. The number of methoxy groups -OCH3 is 3. The van der Waals surface area contributed by atoms with Gasteiger partial charge in [0.15, 0.2) is 11.5 Å². The fourth-order valence-corrected chi connectivity index (χ4v) is 2.70. The van der Waals surface area contributed by atoms with Crippen molar-refractivity contribution in [3.8, 4) is 17.2 Å². The molecule has 3 aromatic rings. The highest BCUT2D eigenvalue weighted by atomic mass is 16.5. The average molecular weight is 344 g/mol. The van der Waals surface area contributed by atoms with E-state index in [1.807, 2.05) is 13.1 Å². The lowest BCUT2D eigenvalue weighted by atomic mass is 10.2. The maximum absolute atomic E-state index is 12.5. The predicted octanol–water partition coefficient (Wildman–Crippen LogP) is 1.86. The molecule has 0 unspecified atom stereocenters. The number of aryl methyl sites for hydroxylation is 1. The van der Waals surface area contributed by atoms with Gasteiger partial charge in [-0.1, -0.05) is 0 Å². The molecule has 0 spiro atoms. The van der Waals surface area contributed by atoms with Crippen LogP contribution in [0.5, 0.6) is 17.2 Å². The van der Waals surface area contributed by atoms with Crippen LogP contribution < -0.4 is 19.5 Å². The van der Waals surface area contributed by atoms with Crippen molar-refractivity contribution in [1.29, 1.82) is 0 Å². The minimum absolute atomic E-state index is 0.236. The number of hydrogen-bond donors (Lipinski definition) is 2. The second-order valence-corrected chi connectivity index (χ2v) is 5.41. The van der Waals surface area contributed by atoms with Gasteiger partial charge in [-0.3, -0.25) is 9.48 Å². The van der Waals surface area contributed by atoms with E-state index in [1.165, 1.54) is 0 Å². The fraction of sp³-hybridized carbons (Fsp3) is 0.294. The lowest BCUT2D eigenvalue weighted by molar-refractivity contribution is 0.0946. The third-order valence-electron chi connectivity index (χ3n) is 4.04. The van der Waals surface area contributed by atoms with Crippen LogP contribution in [-0.4, -0.2) is 42.0 Å². The van der Waals surface area contributed by atoms with Crippen LogP contribution in [0.2, 0.25) is 0 Å². The summed E-state index contributed by atoms with van der Waals surface area (Å²) in [5, 5.41) is 7.68. The summed E-state index contributed by atoms with van der Waals surface area (Å²) in [6, 6.07) is 5.31. The number of fused-ring (bicyclic) bond motifs is 1. The lowest BCUT2D eigenvalue weighted by Crippen LogP contribution is -2.24. The number of amides is 1. The molecule has 0 saturated heterocycles. The van der Waals surface area contributed by atoms with E-state index >= 15 is 0 Å². The van der Waals surface area contributed by atoms with E-state index in [2.05, 4.69) is 15.4 Å². The summed E-state index contributed by atoms with van der Waals surface area (Å²) in [6.45, 7) is 0.377. The van der Waals surface area contributed by atoms with Crippen molar-refractivity contribution in [1.82, 2.24) is 20.1 Å². The third kappa shape index (κ3) is 2.98. The molecular formula is C17H20N4O4. The molecule has 0 aliphatic rings. The van der Waals surface area contributed by atoms with Gasteiger partial charge in [-0.15, -0.1) is 0 Å². The molecule has 2 heterocycles. The molecule has 2 N–H and O–H groups in total. The normalized spacial score (nSPS) is 10.7. The van der Waals surface area contributed by atoms with Crippen LogP contribution in [-0.2, 0) is 13.6 Å². The zero-order valence-corrected chi connectivity index (χ0v) is 14.5. The molecule has 0 radical (unpaired) electrons. The first-order chi connectivity index (χ1) is 12.1. The summed E-state index contributed by atoms with van der Waals surface area (Å²) in [5.74, 6) is 1.40. The van der Waals surface area contributed by atoms with Gasteiger partial charge in [0, 0.05) is 24.7 Å². The van der Waals surface area contributed by atoms with Gasteiger partial charge in [-0.2, -0.15) is 5.10 Å². The van der Waals surface area contributed by atoms with E-state index in [9.17, 15) is 4.79 Å². The highest BCUT2D eigenvalue weighted by Gasteiger charge is 2.19.